The lowest BCUT2D eigenvalue weighted by molar-refractivity contribution is -0.878. The number of aryl methyl sites for hydroxylation is 3. The minimum absolute atomic E-state index is 0.0145. The monoisotopic (exact) mass is 800 g/mol. The SMILES string of the molecule is COc1cccc(CCn2cc(-c3ccc(-c4cnc(C(=O)Nc5ccc(C(=O)N6CCN(C(=O)C7CC[N+](C)(C)C7)CC6)c(Cl)c5)n4C)c(F)c3F)c(C)n2)n1. The molecule has 13 nitrogen and oxygen atoms in total. The van der Waals surface area contributed by atoms with Gasteiger partial charge in [-0.15, -0.1) is 0 Å². The van der Waals surface area contributed by atoms with Crippen LogP contribution >= 0.6 is 11.6 Å². The van der Waals surface area contributed by atoms with Gasteiger partial charge in [0, 0.05) is 92.9 Å². The van der Waals surface area contributed by atoms with Crippen LogP contribution in [0.25, 0.3) is 22.4 Å². The van der Waals surface area contributed by atoms with E-state index in [0.29, 0.717) is 62.0 Å². The molecule has 3 aromatic heterocycles. The van der Waals surface area contributed by atoms with Crippen molar-refractivity contribution in [3.63, 3.8) is 0 Å². The summed E-state index contributed by atoms with van der Waals surface area (Å²) in [7, 11) is 7.35. The smallest absolute Gasteiger partial charge is 0.291 e. The van der Waals surface area contributed by atoms with E-state index in [9.17, 15) is 14.4 Å². The van der Waals surface area contributed by atoms with Gasteiger partial charge in [-0.1, -0.05) is 23.7 Å². The number of nitrogens with zero attached hydrogens (tertiary/aromatic N) is 8. The molecule has 298 valence electrons. The molecule has 2 aromatic carbocycles. The Hall–Kier alpha value is -5.67. The van der Waals surface area contributed by atoms with E-state index >= 15 is 8.78 Å². The highest BCUT2D eigenvalue weighted by Crippen LogP contribution is 2.33. The van der Waals surface area contributed by atoms with Crippen LogP contribution in [0, 0.1) is 24.5 Å². The van der Waals surface area contributed by atoms with Crippen LogP contribution in [0.15, 0.2) is 60.9 Å². The molecule has 0 bridgehead atoms. The quantitative estimate of drug-likeness (QED) is 0.186. The maximum Gasteiger partial charge on any atom is 0.291 e. The first-order valence-electron chi connectivity index (χ1n) is 18.8. The molecule has 2 fully saturated rings. The summed E-state index contributed by atoms with van der Waals surface area (Å²) in [4.78, 5) is 52.0. The van der Waals surface area contributed by atoms with E-state index in [-0.39, 0.29) is 51.0 Å². The highest BCUT2D eigenvalue weighted by atomic mass is 35.5. The van der Waals surface area contributed by atoms with Gasteiger partial charge in [-0.25, -0.2) is 18.7 Å². The number of benzene rings is 2. The molecule has 0 aliphatic carbocycles. The molecule has 2 aliphatic rings. The molecule has 7 rings (SSSR count). The largest absolute Gasteiger partial charge is 0.481 e. The maximum absolute atomic E-state index is 15.7. The molecule has 2 saturated heterocycles. The zero-order chi connectivity index (χ0) is 40.6. The fourth-order valence-electron chi connectivity index (χ4n) is 7.66. The number of carbonyl (C=O) groups is 3. The van der Waals surface area contributed by atoms with E-state index in [1.54, 1.807) is 48.0 Å². The summed E-state index contributed by atoms with van der Waals surface area (Å²) in [5.41, 5.74) is 2.55. The number of anilines is 1. The van der Waals surface area contributed by atoms with E-state index < -0.39 is 17.5 Å². The second-order valence-electron chi connectivity index (χ2n) is 15.2. The van der Waals surface area contributed by atoms with Crippen LogP contribution in [-0.2, 0) is 24.8 Å². The van der Waals surface area contributed by atoms with Crippen molar-refractivity contribution in [2.24, 2.45) is 13.0 Å². The summed E-state index contributed by atoms with van der Waals surface area (Å²) in [6.07, 6.45) is 4.41. The van der Waals surface area contributed by atoms with Crippen molar-refractivity contribution in [3.8, 4) is 28.3 Å². The summed E-state index contributed by atoms with van der Waals surface area (Å²) < 4.78 is 40.5. The number of piperazine rings is 1. The van der Waals surface area contributed by atoms with Gasteiger partial charge in [0.05, 0.1) is 68.4 Å². The molecular weight excluding hydrogens is 756 g/mol. The van der Waals surface area contributed by atoms with Gasteiger partial charge in [0.1, 0.15) is 0 Å². The van der Waals surface area contributed by atoms with Crippen molar-refractivity contribution in [2.45, 2.75) is 26.3 Å². The standard InChI is InChI=1S/C41H44ClF2N9O4/c1-25-32(23-52(48-25)15-13-27-7-6-8-35(46-27)57-5)29-11-12-31(37(44)36(29)43)34-22-45-38(49(34)2)39(54)47-28-9-10-30(33(42)21-28)41(56)51-18-16-50(17-19-51)40(55)26-14-20-53(3,4)24-26/h6-12,21-23,26H,13-20,24H2,1-5H3/p+1. The predicted octanol–water partition coefficient (Wildman–Crippen LogP) is 5.47. The van der Waals surface area contributed by atoms with Gasteiger partial charge in [-0.3, -0.25) is 19.1 Å². The number of halogens is 3. The van der Waals surface area contributed by atoms with Crippen molar-refractivity contribution in [1.82, 2.24) is 34.1 Å². The lowest BCUT2D eigenvalue weighted by Crippen LogP contribution is -2.52. The number of hydrogen-bond acceptors (Lipinski definition) is 7. The van der Waals surface area contributed by atoms with Crippen LogP contribution < -0.4 is 10.1 Å². The minimum Gasteiger partial charge on any atom is -0.481 e. The van der Waals surface area contributed by atoms with Crippen molar-refractivity contribution in [3.05, 3.63) is 100 Å². The third-order valence-corrected chi connectivity index (χ3v) is 11.2. The van der Waals surface area contributed by atoms with Crippen LogP contribution in [0.3, 0.4) is 0 Å². The number of rotatable bonds is 10. The number of nitrogens with one attached hydrogen (secondary N) is 1. The number of ether oxygens (including phenoxy) is 1. The highest BCUT2D eigenvalue weighted by Gasteiger charge is 2.38. The zero-order valence-electron chi connectivity index (χ0n) is 32.6. The predicted molar refractivity (Wildman–Crippen MR) is 211 cm³/mol. The van der Waals surface area contributed by atoms with Gasteiger partial charge in [-0.2, -0.15) is 5.10 Å². The Morgan fingerprint density at radius 1 is 0.982 bits per heavy atom. The first-order chi connectivity index (χ1) is 27.2. The average molecular weight is 801 g/mol. The lowest BCUT2D eigenvalue weighted by atomic mass is 10.0. The number of likely N-dealkylation sites (tertiary alicyclic amines) is 1. The third kappa shape index (κ3) is 8.26. The Morgan fingerprint density at radius 3 is 2.40 bits per heavy atom. The van der Waals surface area contributed by atoms with Crippen LogP contribution in [0.4, 0.5) is 14.5 Å². The topological polar surface area (TPSA) is 127 Å². The normalized spacial score (nSPS) is 16.5. The van der Waals surface area contributed by atoms with Gasteiger partial charge in [0.25, 0.3) is 11.8 Å². The summed E-state index contributed by atoms with van der Waals surface area (Å²) >= 11 is 6.56. The van der Waals surface area contributed by atoms with Crippen molar-refractivity contribution < 1.29 is 32.4 Å². The maximum atomic E-state index is 15.7. The average Bonchev–Trinajstić information content (AvgIpc) is 3.89. The van der Waals surface area contributed by atoms with Crippen molar-refractivity contribution >= 4 is 35.0 Å². The summed E-state index contributed by atoms with van der Waals surface area (Å²) in [6.45, 7) is 5.72. The number of pyridine rings is 1. The molecule has 5 aromatic rings. The van der Waals surface area contributed by atoms with Crippen LogP contribution in [-0.4, -0.2) is 117 Å². The fourth-order valence-corrected chi connectivity index (χ4v) is 7.92. The molecule has 2 aliphatic heterocycles. The number of aromatic nitrogens is 5. The number of methoxy groups -OCH3 is 1. The number of amides is 3. The van der Waals surface area contributed by atoms with E-state index in [1.807, 2.05) is 17.0 Å². The van der Waals surface area contributed by atoms with E-state index in [2.05, 4.69) is 34.5 Å². The van der Waals surface area contributed by atoms with Gasteiger partial charge in [0.2, 0.25) is 11.8 Å². The fraction of sp³-hybridized carbons (Fsp3) is 0.366. The first kappa shape index (κ1) is 39.6. The Labute approximate surface area is 334 Å². The van der Waals surface area contributed by atoms with Gasteiger partial charge >= 0.3 is 0 Å². The Kier molecular flexibility index (Phi) is 11.1. The summed E-state index contributed by atoms with van der Waals surface area (Å²) in [5, 5.41) is 7.38. The van der Waals surface area contributed by atoms with Crippen LogP contribution in [0.1, 0.15) is 38.8 Å². The molecule has 57 heavy (non-hydrogen) atoms. The van der Waals surface area contributed by atoms with Crippen molar-refractivity contribution in [2.75, 3.05) is 65.8 Å². The molecule has 0 spiro atoms. The molecule has 0 radical (unpaired) electrons. The summed E-state index contributed by atoms with van der Waals surface area (Å²) in [5.74, 6) is -2.40. The first-order valence-corrected chi connectivity index (χ1v) is 19.2. The lowest BCUT2D eigenvalue weighted by Gasteiger charge is -2.36. The van der Waals surface area contributed by atoms with Crippen LogP contribution in [0.2, 0.25) is 5.02 Å². The van der Waals surface area contributed by atoms with Gasteiger partial charge in [-0.05, 0) is 37.3 Å². The molecule has 3 amide bonds. The molecule has 0 saturated carbocycles. The van der Waals surface area contributed by atoms with E-state index in [4.69, 9.17) is 16.3 Å². The van der Waals surface area contributed by atoms with Crippen molar-refractivity contribution in [1.29, 1.82) is 0 Å². The minimum atomic E-state index is -1.09. The Bertz CT molecular complexity index is 2350. The second-order valence-corrected chi connectivity index (χ2v) is 15.6. The zero-order valence-corrected chi connectivity index (χ0v) is 33.3. The number of hydrogen-bond donors (Lipinski definition) is 1. The van der Waals surface area contributed by atoms with E-state index in [0.717, 1.165) is 29.7 Å². The molecule has 1 unspecified atom stereocenters. The number of imidazole rings is 1. The molecular formula is C41H45ClF2N9O4+. The molecule has 5 heterocycles. The van der Waals surface area contributed by atoms with Gasteiger partial charge in [0.15, 0.2) is 17.5 Å². The Morgan fingerprint density at radius 2 is 1.70 bits per heavy atom. The number of quaternary nitrogens is 1. The second kappa shape index (κ2) is 16.1. The number of carbonyl (C=O) groups excluding carboxylic acids is 3. The molecule has 16 heteroatoms. The Balaban J connectivity index is 0.983. The highest BCUT2D eigenvalue weighted by molar-refractivity contribution is 6.34. The van der Waals surface area contributed by atoms with Gasteiger partial charge < -0.3 is 28.9 Å². The molecule has 1 N–H and O–H groups in total. The van der Waals surface area contributed by atoms with E-state index in [1.165, 1.54) is 36.0 Å². The van der Waals surface area contributed by atoms with Crippen LogP contribution in [0.5, 0.6) is 5.88 Å². The molecule has 1 atom stereocenters. The third-order valence-electron chi connectivity index (χ3n) is 10.9. The summed E-state index contributed by atoms with van der Waals surface area (Å²) in [6, 6.07) is 13.0.